The largest absolute Gasteiger partial charge is 0.487 e. The highest BCUT2D eigenvalue weighted by Crippen LogP contribution is 2.46. The van der Waals surface area contributed by atoms with Crippen molar-refractivity contribution in [1.29, 1.82) is 0 Å². The average Bonchev–Trinajstić information content (AvgIpc) is 3.11. The molecule has 2 N–H and O–H groups in total. The molecular formula is C39H57ClN4O6S. The van der Waals surface area contributed by atoms with Gasteiger partial charge in [-0.15, -0.1) is 0 Å². The van der Waals surface area contributed by atoms with Gasteiger partial charge in [0, 0.05) is 70.1 Å². The third kappa shape index (κ3) is 9.22. The molecule has 1 saturated heterocycles. The van der Waals surface area contributed by atoms with E-state index in [2.05, 4.69) is 19.4 Å². The number of nitrogens with one attached hydrogen (secondary N) is 1. The molecule has 0 radical (unpaired) electrons. The summed E-state index contributed by atoms with van der Waals surface area (Å²) < 4.78 is 41.2. The van der Waals surface area contributed by atoms with Gasteiger partial charge in [0.25, 0.3) is 5.91 Å². The van der Waals surface area contributed by atoms with Gasteiger partial charge in [-0.05, 0) is 111 Å². The molecule has 2 aromatic carbocycles. The summed E-state index contributed by atoms with van der Waals surface area (Å²) in [7, 11) is -2.21. The zero-order valence-corrected chi connectivity index (χ0v) is 32.2. The molecule has 51 heavy (non-hydrogen) atoms. The second-order valence-corrected chi connectivity index (χ2v) is 18.0. The van der Waals surface area contributed by atoms with Crippen LogP contribution in [0, 0.1) is 17.8 Å². The number of sulfonamides is 1. The number of methoxy groups -OCH3 is 1. The lowest BCUT2D eigenvalue weighted by Crippen LogP contribution is -2.58. The van der Waals surface area contributed by atoms with Gasteiger partial charge in [-0.25, -0.2) is 13.1 Å². The number of halogens is 1. The van der Waals surface area contributed by atoms with E-state index in [0.29, 0.717) is 43.2 Å². The van der Waals surface area contributed by atoms with Crippen molar-refractivity contribution in [2.45, 2.75) is 82.7 Å². The lowest BCUT2D eigenvalue weighted by atomic mass is 9.62. The molecule has 1 saturated carbocycles. The SMILES string of the molecule is COCCN1CCN(C[C@@]2(O)CCC[C@H](C)[C@@H](C)S(=O)(=O)NC(=O)c3ccc4c(c3)N(CCCCc3cc(Cl)ccc3CO4)C[C@@H]3CC[C@H]32)CC1. The fourth-order valence-electron chi connectivity index (χ4n) is 8.57. The van der Waals surface area contributed by atoms with Crippen LogP contribution in [0.5, 0.6) is 5.75 Å². The van der Waals surface area contributed by atoms with Crippen molar-refractivity contribution < 1.29 is 27.8 Å². The first-order valence-corrected chi connectivity index (χ1v) is 20.9. The fourth-order valence-corrected chi connectivity index (χ4v) is 10.1. The molecule has 2 fully saturated rings. The molecular weight excluding hydrogens is 688 g/mol. The van der Waals surface area contributed by atoms with Crippen LogP contribution in [0.4, 0.5) is 5.69 Å². The zero-order chi connectivity index (χ0) is 36.2. The van der Waals surface area contributed by atoms with Gasteiger partial charge in [0.2, 0.25) is 10.0 Å². The Labute approximate surface area is 309 Å². The normalized spacial score (nSPS) is 29.7. The number of piperazine rings is 1. The Morgan fingerprint density at radius 2 is 1.76 bits per heavy atom. The zero-order valence-electron chi connectivity index (χ0n) is 30.6. The van der Waals surface area contributed by atoms with E-state index >= 15 is 0 Å². The maximum atomic E-state index is 13.6. The van der Waals surface area contributed by atoms with Crippen molar-refractivity contribution in [3.63, 3.8) is 0 Å². The van der Waals surface area contributed by atoms with Gasteiger partial charge in [-0.1, -0.05) is 31.0 Å². The third-order valence-electron chi connectivity index (χ3n) is 12.2. The highest BCUT2D eigenvalue weighted by atomic mass is 35.5. The summed E-state index contributed by atoms with van der Waals surface area (Å²) in [6.07, 6.45) is 6.74. The van der Waals surface area contributed by atoms with E-state index in [0.717, 1.165) is 95.8 Å². The number of rotatable bonds is 5. The van der Waals surface area contributed by atoms with Crippen molar-refractivity contribution in [2.75, 3.05) is 71.0 Å². The monoisotopic (exact) mass is 744 g/mol. The molecule has 1 amide bonds. The summed E-state index contributed by atoms with van der Waals surface area (Å²) >= 11 is 6.38. The molecule has 10 nitrogen and oxygen atoms in total. The van der Waals surface area contributed by atoms with Crippen LogP contribution >= 0.6 is 11.6 Å². The van der Waals surface area contributed by atoms with Crippen LogP contribution in [0.1, 0.15) is 80.3 Å². The first-order chi connectivity index (χ1) is 24.5. The van der Waals surface area contributed by atoms with E-state index in [9.17, 15) is 18.3 Å². The van der Waals surface area contributed by atoms with Crippen LogP contribution in [0.2, 0.25) is 5.02 Å². The number of carbonyl (C=O) groups excluding carboxylic acids is 1. The van der Waals surface area contributed by atoms with E-state index in [1.54, 1.807) is 32.2 Å². The molecule has 6 rings (SSSR count). The quantitative estimate of drug-likeness (QED) is 0.419. The Bertz CT molecular complexity index is 1620. The van der Waals surface area contributed by atoms with Gasteiger partial charge in [-0.2, -0.15) is 0 Å². The maximum Gasteiger partial charge on any atom is 0.264 e. The third-order valence-corrected chi connectivity index (χ3v) is 14.3. The molecule has 12 heteroatoms. The minimum absolute atomic E-state index is 0.119. The number of fused-ring (bicyclic) bond motifs is 3. The number of nitrogens with zero attached hydrogens (tertiary/aromatic N) is 3. The van der Waals surface area contributed by atoms with Gasteiger partial charge >= 0.3 is 0 Å². The van der Waals surface area contributed by atoms with Crippen LogP contribution in [0.15, 0.2) is 36.4 Å². The molecule has 0 unspecified atom stereocenters. The summed E-state index contributed by atoms with van der Waals surface area (Å²) in [6, 6.07) is 11.2. The summed E-state index contributed by atoms with van der Waals surface area (Å²) in [5.74, 6) is 0.222. The van der Waals surface area contributed by atoms with Gasteiger partial charge in [0.15, 0.2) is 0 Å². The van der Waals surface area contributed by atoms with Crippen LogP contribution in [-0.2, 0) is 27.8 Å². The Hall–Kier alpha value is -2.41. The Kier molecular flexibility index (Phi) is 12.6. The summed E-state index contributed by atoms with van der Waals surface area (Å²) in [4.78, 5) is 20.7. The van der Waals surface area contributed by atoms with E-state index in [1.807, 2.05) is 25.1 Å². The van der Waals surface area contributed by atoms with Crippen LogP contribution in [0.3, 0.4) is 0 Å². The molecule has 1 aliphatic carbocycles. The fraction of sp³-hybridized carbons (Fsp3) is 0.667. The molecule has 0 aromatic heterocycles. The second-order valence-electron chi connectivity index (χ2n) is 15.5. The number of benzene rings is 2. The Balaban J connectivity index is 1.32. The molecule has 5 atom stereocenters. The lowest BCUT2D eigenvalue weighted by molar-refractivity contribution is -0.109. The van der Waals surface area contributed by atoms with Gasteiger partial charge < -0.3 is 19.5 Å². The molecule has 0 spiro atoms. The van der Waals surface area contributed by atoms with Gasteiger partial charge in [0.05, 0.1) is 23.1 Å². The van der Waals surface area contributed by atoms with Crippen molar-refractivity contribution in [3.05, 3.63) is 58.1 Å². The number of aliphatic hydroxyl groups is 1. The lowest BCUT2D eigenvalue weighted by Gasteiger charge is -2.51. The number of carbonyl (C=O) groups is 1. The van der Waals surface area contributed by atoms with Crippen molar-refractivity contribution in [3.8, 4) is 5.75 Å². The van der Waals surface area contributed by atoms with Crippen molar-refractivity contribution >= 4 is 33.2 Å². The molecule has 2 bridgehead atoms. The molecule has 4 aliphatic rings. The van der Waals surface area contributed by atoms with Crippen LogP contribution in [0.25, 0.3) is 0 Å². The first kappa shape index (κ1) is 38.3. The Morgan fingerprint density at radius 3 is 2.51 bits per heavy atom. The summed E-state index contributed by atoms with van der Waals surface area (Å²) in [5, 5.41) is 12.7. The van der Waals surface area contributed by atoms with E-state index < -0.39 is 26.8 Å². The first-order valence-electron chi connectivity index (χ1n) is 19.0. The topological polar surface area (TPSA) is 112 Å². The number of aryl methyl sites for hydroxylation is 1. The molecule has 282 valence electrons. The highest BCUT2D eigenvalue weighted by molar-refractivity contribution is 7.90. The average molecular weight is 745 g/mol. The second kappa shape index (κ2) is 16.7. The number of amides is 1. The van der Waals surface area contributed by atoms with E-state index in [4.69, 9.17) is 21.1 Å². The van der Waals surface area contributed by atoms with E-state index in [1.165, 1.54) is 5.56 Å². The molecule has 2 aromatic rings. The number of ether oxygens (including phenoxy) is 2. The summed E-state index contributed by atoms with van der Waals surface area (Å²) in [5.41, 5.74) is 2.43. The predicted octanol–water partition coefficient (Wildman–Crippen LogP) is 5.35. The van der Waals surface area contributed by atoms with Gasteiger partial charge in [0.1, 0.15) is 12.4 Å². The van der Waals surface area contributed by atoms with Crippen LogP contribution in [-0.4, -0.2) is 106 Å². The van der Waals surface area contributed by atoms with Crippen molar-refractivity contribution in [1.82, 2.24) is 14.5 Å². The Morgan fingerprint density at radius 1 is 0.980 bits per heavy atom. The van der Waals surface area contributed by atoms with Crippen LogP contribution < -0.4 is 14.4 Å². The molecule has 3 aliphatic heterocycles. The predicted molar refractivity (Wildman–Crippen MR) is 202 cm³/mol. The number of β-amino-alcohol motifs (C(OH)–C–C–N with tert-alkyl or cyclic N) is 1. The van der Waals surface area contributed by atoms with Gasteiger partial charge in [-0.3, -0.25) is 14.6 Å². The van der Waals surface area contributed by atoms with E-state index in [-0.39, 0.29) is 23.3 Å². The molecule has 3 heterocycles. The summed E-state index contributed by atoms with van der Waals surface area (Å²) in [6.45, 7) is 11.4. The standard InChI is InChI=1S/C39H57ClN4O6S/c1-28-7-6-15-39(46,27-43-19-17-42(18-20-43)21-22-49-3)35-13-10-32(35)25-44-16-5-4-8-30-23-34(40)12-9-33(30)26-50-37-14-11-31(24-36(37)44)38(45)41-51(47,48)29(28)2/h9,11-12,14,23-24,28-29,32,35,46H,4-8,10,13,15-22,25-27H2,1-3H3,(H,41,45)/t28-,29+,32-,35+,39-/m0/s1. The number of hydrogen-bond acceptors (Lipinski definition) is 9. The number of anilines is 1. The number of hydrogen-bond donors (Lipinski definition) is 2. The highest BCUT2D eigenvalue weighted by Gasteiger charge is 2.48. The maximum absolute atomic E-state index is 13.6. The smallest absolute Gasteiger partial charge is 0.264 e. The minimum Gasteiger partial charge on any atom is -0.487 e. The minimum atomic E-state index is -3.95. The van der Waals surface area contributed by atoms with Crippen molar-refractivity contribution in [2.24, 2.45) is 17.8 Å².